The zero-order valence-corrected chi connectivity index (χ0v) is 14.2. The van der Waals surface area contributed by atoms with Gasteiger partial charge in [-0.25, -0.2) is 14.2 Å². The van der Waals surface area contributed by atoms with Gasteiger partial charge in [0.1, 0.15) is 17.2 Å². The van der Waals surface area contributed by atoms with E-state index in [1.807, 2.05) is 0 Å². The van der Waals surface area contributed by atoms with Gasteiger partial charge in [0.2, 0.25) is 0 Å². The Bertz CT molecular complexity index is 947. The topological polar surface area (TPSA) is 58.2 Å². The first-order valence-corrected chi connectivity index (χ1v) is 8.45. The second kappa shape index (κ2) is 5.68. The third kappa shape index (κ3) is 2.50. The number of ether oxygens (including phenoxy) is 1. The number of rotatable bonds is 2. The quantitative estimate of drug-likeness (QED) is 0.725. The number of hydrogen-bond acceptors (Lipinski definition) is 5. The van der Waals surface area contributed by atoms with Gasteiger partial charge in [-0.2, -0.15) is 0 Å². The number of thiophene rings is 1. The summed E-state index contributed by atoms with van der Waals surface area (Å²) in [5.41, 5.74) is 2.37. The maximum atomic E-state index is 13.8. The average Bonchev–Trinajstić information content (AvgIpc) is 3.16. The molecular formula is C17H16FN3O2S. The van der Waals surface area contributed by atoms with E-state index in [1.54, 1.807) is 11.3 Å². The standard InChI is InChI=1S/C17H16FN3O2S/c1-21-4-3-13-9(8-21)5-14(24-13)16-19-12-7-10(18)6-11(15(12)20-16)17(22)23-2/h5-7H,3-4,8H2,1-2H3,(H,19,20). The number of imidazole rings is 1. The summed E-state index contributed by atoms with van der Waals surface area (Å²) in [5.74, 6) is -0.433. The summed E-state index contributed by atoms with van der Waals surface area (Å²) in [6, 6.07) is 4.63. The molecule has 1 aliphatic rings. The van der Waals surface area contributed by atoms with Crippen molar-refractivity contribution in [1.82, 2.24) is 14.9 Å². The number of halogens is 1. The SMILES string of the molecule is COC(=O)c1cc(F)cc2[nH]c(-c3cc4c(s3)CCN(C)C4)nc12. The molecule has 1 N–H and O–H groups in total. The number of hydrogen-bond donors (Lipinski definition) is 1. The van der Waals surface area contributed by atoms with Crippen molar-refractivity contribution in [2.75, 3.05) is 20.7 Å². The lowest BCUT2D eigenvalue weighted by molar-refractivity contribution is 0.0602. The molecule has 1 aromatic carbocycles. The highest BCUT2D eigenvalue weighted by Crippen LogP contribution is 2.34. The molecule has 7 heteroatoms. The van der Waals surface area contributed by atoms with E-state index in [4.69, 9.17) is 4.74 Å². The summed E-state index contributed by atoms with van der Waals surface area (Å²) in [7, 11) is 3.38. The minimum atomic E-state index is -0.593. The molecule has 0 amide bonds. The molecule has 0 bridgehead atoms. The zero-order valence-electron chi connectivity index (χ0n) is 13.4. The van der Waals surface area contributed by atoms with Gasteiger partial charge in [-0.3, -0.25) is 0 Å². The van der Waals surface area contributed by atoms with Crippen molar-refractivity contribution in [2.24, 2.45) is 0 Å². The summed E-state index contributed by atoms with van der Waals surface area (Å²) in [6.07, 6.45) is 1.03. The van der Waals surface area contributed by atoms with Crippen LogP contribution in [0.2, 0.25) is 0 Å². The predicted octanol–water partition coefficient (Wildman–Crippen LogP) is 3.21. The Morgan fingerprint density at radius 1 is 1.42 bits per heavy atom. The number of carbonyl (C=O) groups is 1. The molecule has 0 atom stereocenters. The van der Waals surface area contributed by atoms with Gasteiger partial charge >= 0.3 is 5.97 Å². The van der Waals surface area contributed by atoms with Crippen LogP contribution >= 0.6 is 11.3 Å². The first-order valence-electron chi connectivity index (χ1n) is 7.63. The molecule has 5 nitrogen and oxygen atoms in total. The lowest BCUT2D eigenvalue weighted by Gasteiger charge is -2.21. The third-order valence-corrected chi connectivity index (χ3v) is 5.49. The third-order valence-electron chi connectivity index (χ3n) is 4.25. The highest BCUT2D eigenvalue weighted by atomic mass is 32.1. The smallest absolute Gasteiger partial charge is 0.340 e. The van der Waals surface area contributed by atoms with E-state index in [2.05, 4.69) is 28.0 Å². The lowest BCUT2D eigenvalue weighted by atomic mass is 10.1. The normalized spacial score (nSPS) is 14.8. The second-order valence-corrected chi connectivity index (χ2v) is 7.11. The minimum absolute atomic E-state index is 0.135. The van der Waals surface area contributed by atoms with Crippen LogP contribution in [0.3, 0.4) is 0 Å². The zero-order chi connectivity index (χ0) is 16.8. The Morgan fingerprint density at radius 2 is 2.25 bits per heavy atom. The van der Waals surface area contributed by atoms with Crippen LogP contribution < -0.4 is 0 Å². The van der Waals surface area contributed by atoms with Crippen molar-refractivity contribution in [3.63, 3.8) is 0 Å². The van der Waals surface area contributed by atoms with Crippen LogP contribution in [0.1, 0.15) is 20.8 Å². The Hall–Kier alpha value is -2.25. The van der Waals surface area contributed by atoms with E-state index < -0.39 is 11.8 Å². The van der Waals surface area contributed by atoms with Gasteiger partial charge in [0.25, 0.3) is 0 Å². The largest absolute Gasteiger partial charge is 0.465 e. The molecule has 0 saturated carbocycles. The molecule has 1 aliphatic heterocycles. The number of benzene rings is 1. The fourth-order valence-corrected chi connectivity index (χ4v) is 4.16. The highest BCUT2D eigenvalue weighted by molar-refractivity contribution is 7.15. The van der Waals surface area contributed by atoms with E-state index in [0.717, 1.165) is 30.5 Å². The number of aromatic nitrogens is 2. The summed E-state index contributed by atoms with van der Waals surface area (Å²) in [4.78, 5) is 24.2. The molecule has 0 radical (unpaired) electrons. The molecule has 0 aliphatic carbocycles. The molecule has 124 valence electrons. The Morgan fingerprint density at radius 3 is 3.04 bits per heavy atom. The Kier molecular flexibility index (Phi) is 3.62. The Labute approximate surface area is 142 Å². The fourth-order valence-electron chi connectivity index (χ4n) is 3.06. The molecule has 3 aromatic rings. The molecule has 24 heavy (non-hydrogen) atoms. The van der Waals surface area contributed by atoms with Crippen LogP contribution in [0, 0.1) is 5.82 Å². The number of carbonyl (C=O) groups excluding carboxylic acids is 1. The first-order chi connectivity index (χ1) is 11.5. The summed E-state index contributed by atoms with van der Waals surface area (Å²) >= 11 is 1.70. The number of esters is 1. The van der Waals surface area contributed by atoms with Crippen molar-refractivity contribution in [2.45, 2.75) is 13.0 Å². The van der Waals surface area contributed by atoms with Gasteiger partial charge in [0.05, 0.1) is 23.1 Å². The number of nitrogens with one attached hydrogen (secondary N) is 1. The van der Waals surface area contributed by atoms with E-state index in [-0.39, 0.29) is 5.56 Å². The molecular weight excluding hydrogens is 329 g/mol. The van der Waals surface area contributed by atoms with Crippen LogP contribution in [0.5, 0.6) is 0 Å². The van der Waals surface area contributed by atoms with Crippen molar-refractivity contribution in [3.8, 4) is 10.7 Å². The molecule has 3 heterocycles. The fraction of sp³-hybridized carbons (Fsp3) is 0.294. The number of H-pyrrole nitrogens is 1. The maximum Gasteiger partial charge on any atom is 0.340 e. The van der Waals surface area contributed by atoms with Crippen LogP contribution in [0.15, 0.2) is 18.2 Å². The van der Waals surface area contributed by atoms with Gasteiger partial charge in [-0.05, 0) is 37.2 Å². The first kappa shape index (κ1) is 15.3. The number of fused-ring (bicyclic) bond motifs is 2. The minimum Gasteiger partial charge on any atom is -0.465 e. The van der Waals surface area contributed by atoms with Crippen molar-refractivity contribution < 1.29 is 13.9 Å². The Balaban J connectivity index is 1.82. The number of nitrogens with zero attached hydrogens (tertiary/aromatic N) is 2. The highest BCUT2D eigenvalue weighted by Gasteiger charge is 2.21. The molecule has 4 rings (SSSR count). The predicted molar refractivity (Wildman–Crippen MR) is 90.7 cm³/mol. The molecule has 0 spiro atoms. The molecule has 0 unspecified atom stereocenters. The van der Waals surface area contributed by atoms with E-state index in [1.165, 1.54) is 23.6 Å². The van der Waals surface area contributed by atoms with Crippen molar-refractivity contribution in [3.05, 3.63) is 40.0 Å². The molecule has 0 saturated heterocycles. The van der Waals surface area contributed by atoms with Gasteiger partial charge < -0.3 is 14.6 Å². The van der Waals surface area contributed by atoms with E-state index >= 15 is 0 Å². The van der Waals surface area contributed by atoms with Gasteiger partial charge in [0.15, 0.2) is 0 Å². The second-order valence-electron chi connectivity index (χ2n) is 5.97. The van der Waals surface area contributed by atoms with Crippen molar-refractivity contribution in [1.29, 1.82) is 0 Å². The summed E-state index contributed by atoms with van der Waals surface area (Å²) < 4.78 is 18.5. The van der Waals surface area contributed by atoms with Gasteiger partial charge in [-0.1, -0.05) is 0 Å². The summed E-state index contributed by atoms with van der Waals surface area (Å²) in [6.45, 7) is 1.97. The monoisotopic (exact) mass is 345 g/mol. The molecule has 0 fully saturated rings. The average molecular weight is 345 g/mol. The van der Waals surface area contributed by atoms with Gasteiger partial charge in [0, 0.05) is 18.0 Å². The van der Waals surface area contributed by atoms with Crippen LogP contribution in [-0.4, -0.2) is 41.5 Å². The van der Waals surface area contributed by atoms with Crippen molar-refractivity contribution >= 4 is 28.3 Å². The van der Waals surface area contributed by atoms with E-state index in [9.17, 15) is 9.18 Å². The number of aromatic amines is 1. The van der Waals surface area contributed by atoms with Gasteiger partial charge in [-0.15, -0.1) is 11.3 Å². The maximum absolute atomic E-state index is 13.8. The molecule has 2 aromatic heterocycles. The van der Waals surface area contributed by atoms with E-state index in [0.29, 0.717) is 16.9 Å². The number of methoxy groups -OCH3 is 1. The van der Waals surface area contributed by atoms with Crippen LogP contribution in [0.25, 0.3) is 21.7 Å². The van der Waals surface area contributed by atoms with Crippen LogP contribution in [0.4, 0.5) is 4.39 Å². The van der Waals surface area contributed by atoms with Crippen LogP contribution in [-0.2, 0) is 17.7 Å². The lowest BCUT2D eigenvalue weighted by Crippen LogP contribution is -2.25. The summed E-state index contributed by atoms with van der Waals surface area (Å²) in [5, 5.41) is 0. The number of likely N-dealkylation sites (N-methyl/N-ethyl adjacent to an activating group) is 1.